The number of aromatic nitrogens is 1. The van der Waals surface area contributed by atoms with E-state index < -0.39 is 0 Å². The molecule has 0 aliphatic rings. The molecule has 1 heterocycles. The zero-order chi connectivity index (χ0) is 14.3. The summed E-state index contributed by atoms with van der Waals surface area (Å²) in [6.07, 6.45) is 2.58. The van der Waals surface area contributed by atoms with Gasteiger partial charge in [-0.1, -0.05) is 38.1 Å². The smallest absolute Gasteiger partial charge is 0.654 e. The van der Waals surface area contributed by atoms with Gasteiger partial charge in [0.25, 0.3) is 0 Å². The second-order valence-corrected chi connectivity index (χ2v) is 3.95. The predicted molar refractivity (Wildman–Crippen MR) is 80.5 cm³/mol. The van der Waals surface area contributed by atoms with E-state index in [4.69, 9.17) is 0 Å². The fraction of sp³-hybridized carbons (Fsp3) is 0.400. The maximum absolute atomic E-state index is 11.6. The van der Waals surface area contributed by atoms with Gasteiger partial charge in [-0.3, -0.25) is 4.79 Å². The number of H-pyrrole nitrogens is 1. The van der Waals surface area contributed by atoms with Crippen LogP contribution in [-0.4, -0.2) is 31.0 Å². The number of fused-ring (bicyclic) bond motifs is 1. The number of aromatic amines is 1. The minimum absolute atomic E-state index is 0. The molecule has 0 saturated carbocycles. The van der Waals surface area contributed by atoms with Crippen molar-refractivity contribution in [2.75, 3.05) is 14.1 Å². The van der Waals surface area contributed by atoms with E-state index in [9.17, 15) is 4.79 Å². The van der Waals surface area contributed by atoms with Gasteiger partial charge in [0, 0.05) is 24.1 Å². The first-order chi connectivity index (χ1) is 9.26. The number of nitrogens with one attached hydrogen (secondary N) is 2. The van der Waals surface area contributed by atoms with Crippen LogP contribution in [0.2, 0.25) is 0 Å². The van der Waals surface area contributed by atoms with Crippen LogP contribution in [0.3, 0.4) is 0 Å². The van der Waals surface area contributed by atoms with E-state index in [2.05, 4.69) is 21.7 Å². The van der Waals surface area contributed by atoms with E-state index >= 15 is 0 Å². The van der Waals surface area contributed by atoms with Crippen LogP contribution in [-0.2, 0) is 11.2 Å². The minimum atomic E-state index is -0.320. The molecule has 104 valence electrons. The van der Waals surface area contributed by atoms with Gasteiger partial charge >= 0.3 is 51.4 Å². The molecule has 2 aromatic rings. The number of benzene rings is 1. The van der Waals surface area contributed by atoms with Crippen molar-refractivity contribution in [3.8, 4) is 0 Å². The number of carbonyl (C=O) groups is 1. The van der Waals surface area contributed by atoms with E-state index in [0.717, 1.165) is 16.5 Å². The first-order valence-corrected chi connectivity index (χ1v) is 6.61. The molecule has 1 unspecified atom stereocenters. The van der Waals surface area contributed by atoms with Crippen LogP contribution < -0.4 is 56.7 Å². The van der Waals surface area contributed by atoms with Gasteiger partial charge in [0.2, 0.25) is 5.91 Å². The molecular weight excluding hydrogens is 277 g/mol. The molecule has 5 heteroatoms. The fourth-order valence-corrected chi connectivity index (χ4v) is 1.98. The number of likely N-dealkylation sites (N-methyl/N-ethyl adjacent to an activating group) is 2. The van der Waals surface area contributed by atoms with Gasteiger partial charge in [-0.05, 0) is 18.1 Å². The number of hydrogen-bond donors (Lipinski definition) is 2. The van der Waals surface area contributed by atoms with Gasteiger partial charge in [0.1, 0.15) is 0 Å². The molecule has 1 amide bonds. The Bertz CT molecular complexity index is 525. The van der Waals surface area contributed by atoms with Gasteiger partial charge in [-0.25, -0.2) is 0 Å². The van der Waals surface area contributed by atoms with Crippen molar-refractivity contribution in [1.29, 1.82) is 0 Å². The molecule has 2 N–H and O–H groups in total. The number of rotatable bonds is 4. The normalized spacial score (nSPS) is 11.0. The molecule has 0 aliphatic carbocycles. The largest absolute Gasteiger partial charge is 1.00 e. The van der Waals surface area contributed by atoms with Crippen LogP contribution in [0.1, 0.15) is 19.4 Å². The average molecular weight is 299 g/mol. The van der Waals surface area contributed by atoms with Crippen molar-refractivity contribution in [2.45, 2.75) is 26.3 Å². The summed E-state index contributed by atoms with van der Waals surface area (Å²) in [4.78, 5) is 14.8. The third-order valence-electron chi connectivity index (χ3n) is 2.95. The van der Waals surface area contributed by atoms with Gasteiger partial charge in [0.05, 0.1) is 0 Å². The maximum atomic E-state index is 11.6. The van der Waals surface area contributed by atoms with E-state index in [1.165, 1.54) is 0 Å². The first kappa shape index (κ1) is 19.8. The van der Waals surface area contributed by atoms with E-state index in [1.54, 1.807) is 14.1 Å². The molecule has 0 fully saturated rings. The van der Waals surface area contributed by atoms with Crippen LogP contribution in [0.15, 0.2) is 30.5 Å². The summed E-state index contributed by atoms with van der Waals surface area (Å²) >= 11 is 0. The molecular formula is C15H22KN3O. The van der Waals surface area contributed by atoms with E-state index in [1.807, 2.05) is 38.2 Å². The Balaban J connectivity index is 0.00000115. The van der Waals surface area contributed by atoms with Crippen molar-refractivity contribution < 1.29 is 56.2 Å². The summed E-state index contributed by atoms with van der Waals surface area (Å²) in [5.74, 6) is -0.0437. The zero-order valence-corrected chi connectivity index (χ0v) is 16.1. The summed E-state index contributed by atoms with van der Waals surface area (Å²) in [7, 11) is 3.31. The van der Waals surface area contributed by atoms with Crippen LogP contribution in [0.25, 0.3) is 16.2 Å². The predicted octanol–water partition coefficient (Wildman–Crippen LogP) is -0.141. The van der Waals surface area contributed by atoms with Crippen molar-refractivity contribution in [3.63, 3.8) is 0 Å². The Morgan fingerprint density at radius 2 is 2.00 bits per heavy atom. The summed E-state index contributed by atoms with van der Waals surface area (Å²) in [5, 5.41) is 7.91. The second kappa shape index (κ2) is 10.5. The summed E-state index contributed by atoms with van der Waals surface area (Å²) < 4.78 is 0. The van der Waals surface area contributed by atoms with Crippen LogP contribution >= 0.6 is 0 Å². The number of amides is 1. The van der Waals surface area contributed by atoms with Gasteiger partial charge in [0.15, 0.2) is 0 Å². The summed E-state index contributed by atoms with van der Waals surface area (Å²) in [6, 6.07) is 7.74. The quantitative estimate of drug-likeness (QED) is 0.759. The topological polar surface area (TPSA) is 59.0 Å². The third-order valence-corrected chi connectivity index (χ3v) is 2.95. The first-order valence-electron chi connectivity index (χ1n) is 6.61. The Labute approximate surface area is 163 Å². The summed E-state index contributed by atoms with van der Waals surface area (Å²) in [6.45, 7) is 4.00. The average Bonchev–Trinajstić information content (AvgIpc) is 2.89. The van der Waals surface area contributed by atoms with Crippen molar-refractivity contribution in [2.24, 2.45) is 0 Å². The second-order valence-electron chi connectivity index (χ2n) is 3.95. The Morgan fingerprint density at radius 3 is 2.60 bits per heavy atom. The van der Waals surface area contributed by atoms with E-state index in [0.29, 0.717) is 6.42 Å². The van der Waals surface area contributed by atoms with Crippen LogP contribution in [0.4, 0.5) is 0 Å². The third kappa shape index (κ3) is 4.98. The van der Waals surface area contributed by atoms with Gasteiger partial charge in [-0.15, -0.1) is 0 Å². The van der Waals surface area contributed by atoms with Crippen LogP contribution in [0, 0.1) is 0 Å². The van der Waals surface area contributed by atoms with Gasteiger partial charge in [-0.2, -0.15) is 7.05 Å². The number of nitrogens with zero attached hydrogens (tertiary/aromatic N) is 1. The van der Waals surface area contributed by atoms with E-state index in [-0.39, 0.29) is 63.3 Å². The summed E-state index contributed by atoms with van der Waals surface area (Å²) in [5.41, 5.74) is 2.22. The van der Waals surface area contributed by atoms with Crippen molar-refractivity contribution >= 4 is 16.8 Å². The molecule has 4 nitrogen and oxygen atoms in total. The minimum Gasteiger partial charge on any atom is -0.654 e. The maximum Gasteiger partial charge on any atom is 1.00 e. The number of hydrogen-bond acceptors (Lipinski definition) is 1. The van der Waals surface area contributed by atoms with Gasteiger partial charge < -0.3 is 15.6 Å². The molecule has 0 radical (unpaired) electrons. The fourth-order valence-electron chi connectivity index (χ4n) is 1.98. The molecule has 1 aromatic heterocycles. The number of carbonyl (C=O) groups excluding carboxylic acids is 1. The Hall–Kier alpha value is -0.174. The molecule has 1 atom stereocenters. The zero-order valence-electron chi connectivity index (χ0n) is 13.0. The molecule has 0 spiro atoms. The molecule has 20 heavy (non-hydrogen) atoms. The molecule has 0 saturated heterocycles. The van der Waals surface area contributed by atoms with Crippen molar-refractivity contribution in [3.05, 3.63) is 41.3 Å². The Kier molecular flexibility index (Phi) is 10.4. The molecule has 0 bridgehead atoms. The van der Waals surface area contributed by atoms with Crippen molar-refractivity contribution in [1.82, 2.24) is 10.3 Å². The molecule has 0 aliphatic heterocycles. The SMILES string of the molecule is CC.C[N-]C(Cc1c[nH]c2ccccc12)C(=O)NC.[K+]. The standard InChI is InChI=1S/C13H16N3O.C2H6.K/c1-14-12(13(17)15-2)7-9-8-16-11-6-4-3-5-10(9)11;1-2;/h3-6,8,12,16H,7H2,1-2H3,(H,15,17);1-2H3;/q-1;;+1. The molecule has 1 aromatic carbocycles. The molecule has 2 rings (SSSR count). The Morgan fingerprint density at radius 1 is 1.35 bits per heavy atom. The van der Waals surface area contributed by atoms with Crippen LogP contribution in [0.5, 0.6) is 0 Å². The number of para-hydroxylation sites is 1. The monoisotopic (exact) mass is 299 g/mol.